The minimum absolute atomic E-state index is 0. The molecule has 0 atom stereocenters. The summed E-state index contributed by atoms with van der Waals surface area (Å²) in [7, 11) is 1.90. The van der Waals surface area contributed by atoms with Gasteiger partial charge >= 0.3 is 0 Å². The first kappa shape index (κ1) is 11.2. The van der Waals surface area contributed by atoms with Crippen molar-refractivity contribution in [3.05, 3.63) is 41.2 Å². The lowest BCUT2D eigenvalue weighted by atomic mass is 10.3. The molecule has 0 spiro atoms. The summed E-state index contributed by atoms with van der Waals surface area (Å²) in [6.07, 6.45) is 9.20. The standard InChI is InChI=1S/C7H9N3O.HI/c1-10-5-3-2-4-7(10)6-8-9-11;/h2-6H,1H3,(H,8,11);1H/b7-6+;. The average Bonchev–Trinajstić information content (AvgIpc) is 2.03. The van der Waals surface area contributed by atoms with Crippen molar-refractivity contribution in [1.29, 1.82) is 0 Å². The van der Waals surface area contributed by atoms with Gasteiger partial charge in [0.2, 0.25) is 0 Å². The molecule has 1 heterocycles. The summed E-state index contributed by atoms with van der Waals surface area (Å²) in [5.41, 5.74) is 3.28. The molecule has 0 fully saturated rings. The third kappa shape index (κ3) is 3.04. The minimum Gasteiger partial charge on any atom is -1.00 e. The Morgan fingerprint density at radius 1 is 1.58 bits per heavy atom. The largest absolute Gasteiger partial charge is 1.00 e. The number of nitrogens with one attached hydrogen (secondary N) is 2. The molecule has 0 aliphatic carbocycles. The lowest BCUT2D eigenvalue weighted by Crippen LogP contribution is -3.00. The van der Waals surface area contributed by atoms with Crippen molar-refractivity contribution in [2.45, 2.75) is 0 Å². The maximum Gasteiger partial charge on any atom is 0.104 e. The maximum absolute atomic E-state index is 9.81. The zero-order valence-corrected chi connectivity index (χ0v) is 8.78. The van der Waals surface area contributed by atoms with Gasteiger partial charge in [-0.1, -0.05) is 6.08 Å². The Hall–Kier alpha value is -0.850. The van der Waals surface area contributed by atoms with E-state index in [1.165, 1.54) is 0 Å². The molecule has 0 bridgehead atoms. The number of likely N-dealkylation sites (N-methyl/N-ethyl adjacent to an activating group) is 1. The molecule has 1 aliphatic rings. The SMILES string of the molecule is CN1C=CC=C/C1=C\N[NH+]=O.[I-]. The molecule has 1 aliphatic heterocycles. The Morgan fingerprint density at radius 3 is 2.92 bits per heavy atom. The van der Waals surface area contributed by atoms with Gasteiger partial charge in [0.25, 0.3) is 0 Å². The number of hydrogen-bond acceptors (Lipinski definition) is 2. The molecule has 0 amide bonds. The van der Waals surface area contributed by atoms with Crippen LogP contribution >= 0.6 is 0 Å². The van der Waals surface area contributed by atoms with Gasteiger partial charge in [-0.25, -0.2) is 0 Å². The quantitative estimate of drug-likeness (QED) is 0.402. The Labute approximate surface area is 88.0 Å². The normalized spacial score (nSPS) is 17.4. The fourth-order valence-electron chi connectivity index (χ4n) is 0.790. The second-order valence-electron chi connectivity index (χ2n) is 2.13. The fraction of sp³-hybridized carbons (Fsp3) is 0.143. The molecule has 1 rings (SSSR count). The Kier molecular flexibility index (Phi) is 5.35. The number of hydrazine groups is 1. The predicted molar refractivity (Wildman–Crippen MR) is 41.6 cm³/mol. The smallest absolute Gasteiger partial charge is 0.104 e. The molecule has 0 unspecified atom stereocenters. The van der Waals surface area contributed by atoms with Crippen molar-refractivity contribution in [3.8, 4) is 0 Å². The van der Waals surface area contributed by atoms with E-state index >= 15 is 0 Å². The molecule has 66 valence electrons. The average molecular weight is 279 g/mol. The predicted octanol–water partition coefficient (Wildman–Crippen LogP) is -3.80. The lowest BCUT2D eigenvalue weighted by Gasteiger charge is -2.16. The summed E-state index contributed by atoms with van der Waals surface area (Å²) in [5, 5.41) is 1.57. The van der Waals surface area contributed by atoms with Gasteiger partial charge < -0.3 is 28.9 Å². The molecule has 12 heavy (non-hydrogen) atoms. The fourth-order valence-corrected chi connectivity index (χ4v) is 0.790. The summed E-state index contributed by atoms with van der Waals surface area (Å²) in [5.74, 6) is 0. The van der Waals surface area contributed by atoms with Gasteiger partial charge in [-0.2, -0.15) is 0 Å². The first-order valence-corrected chi connectivity index (χ1v) is 3.25. The Morgan fingerprint density at radius 2 is 2.33 bits per heavy atom. The summed E-state index contributed by atoms with van der Waals surface area (Å²) < 4.78 is 0. The van der Waals surface area contributed by atoms with E-state index < -0.39 is 0 Å². The van der Waals surface area contributed by atoms with Crippen LogP contribution in [-0.2, 0) is 0 Å². The highest BCUT2D eigenvalue weighted by Gasteiger charge is 1.99. The Bertz CT molecular complexity index is 235. The highest BCUT2D eigenvalue weighted by atomic mass is 127. The van der Waals surface area contributed by atoms with E-state index in [-0.39, 0.29) is 24.0 Å². The molecule has 5 heteroatoms. The summed E-state index contributed by atoms with van der Waals surface area (Å²) >= 11 is 0. The van der Waals surface area contributed by atoms with Crippen LogP contribution in [0.4, 0.5) is 0 Å². The second-order valence-corrected chi connectivity index (χ2v) is 2.13. The van der Waals surface area contributed by atoms with E-state index in [2.05, 4.69) is 5.43 Å². The molecule has 0 aromatic heterocycles. The van der Waals surface area contributed by atoms with Gasteiger partial charge in [-0.15, -0.1) is 5.43 Å². The highest BCUT2D eigenvalue weighted by molar-refractivity contribution is 5.26. The number of allylic oxidation sites excluding steroid dienone is 3. The molecule has 4 nitrogen and oxygen atoms in total. The summed E-state index contributed by atoms with van der Waals surface area (Å²) in [6, 6.07) is 0. The van der Waals surface area contributed by atoms with E-state index in [9.17, 15) is 4.91 Å². The minimum atomic E-state index is 0. The van der Waals surface area contributed by atoms with E-state index in [1.807, 2.05) is 36.4 Å². The first-order valence-electron chi connectivity index (χ1n) is 3.25. The van der Waals surface area contributed by atoms with Crippen LogP contribution in [0.3, 0.4) is 0 Å². The van der Waals surface area contributed by atoms with Crippen molar-refractivity contribution in [3.63, 3.8) is 0 Å². The van der Waals surface area contributed by atoms with Crippen LogP contribution in [0.5, 0.6) is 0 Å². The summed E-state index contributed by atoms with van der Waals surface area (Å²) in [4.78, 5) is 11.7. The van der Waals surface area contributed by atoms with Gasteiger partial charge in [0.15, 0.2) is 0 Å². The van der Waals surface area contributed by atoms with Gasteiger partial charge in [0, 0.05) is 18.2 Å². The van der Waals surface area contributed by atoms with Crippen LogP contribution in [0.15, 0.2) is 36.3 Å². The van der Waals surface area contributed by atoms with E-state index in [0.29, 0.717) is 0 Å². The van der Waals surface area contributed by atoms with E-state index in [4.69, 9.17) is 0 Å². The third-order valence-electron chi connectivity index (χ3n) is 1.37. The van der Waals surface area contributed by atoms with E-state index in [0.717, 1.165) is 5.70 Å². The molecule has 0 aromatic carbocycles. The number of rotatable bonds is 2. The van der Waals surface area contributed by atoms with Crippen molar-refractivity contribution in [2.75, 3.05) is 7.05 Å². The van der Waals surface area contributed by atoms with Crippen LogP contribution in [0.1, 0.15) is 0 Å². The van der Waals surface area contributed by atoms with Crippen LogP contribution in [0.25, 0.3) is 0 Å². The van der Waals surface area contributed by atoms with Crippen LogP contribution in [0, 0.1) is 4.91 Å². The lowest BCUT2D eigenvalue weighted by molar-refractivity contribution is -0.536. The monoisotopic (exact) mass is 279 g/mol. The molecule has 0 radical (unpaired) electrons. The van der Waals surface area contributed by atoms with Crippen molar-refractivity contribution in [2.24, 2.45) is 0 Å². The van der Waals surface area contributed by atoms with Crippen molar-refractivity contribution >= 4 is 0 Å². The van der Waals surface area contributed by atoms with Crippen LogP contribution < -0.4 is 34.7 Å². The third-order valence-corrected chi connectivity index (χ3v) is 1.37. The van der Waals surface area contributed by atoms with Gasteiger partial charge in [-0.3, -0.25) is 0 Å². The highest BCUT2D eigenvalue weighted by Crippen LogP contribution is 2.06. The summed E-state index contributed by atoms with van der Waals surface area (Å²) in [6.45, 7) is 0. The Balaban J connectivity index is 0.00000121. The second kappa shape index (κ2) is 5.76. The van der Waals surface area contributed by atoms with Gasteiger partial charge in [-0.05, 0) is 12.2 Å². The number of halogens is 1. The molecule has 2 N–H and O–H groups in total. The number of hydrogen-bond donors (Lipinski definition) is 2. The van der Waals surface area contributed by atoms with Crippen LogP contribution in [-0.4, -0.2) is 11.9 Å². The zero-order chi connectivity index (χ0) is 8.10. The molecule has 0 aromatic rings. The zero-order valence-electron chi connectivity index (χ0n) is 6.62. The van der Waals surface area contributed by atoms with Gasteiger partial charge in [0.1, 0.15) is 5.29 Å². The molecular formula is C7H10IN3O. The van der Waals surface area contributed by atoms with Crippen LogP contribution in [0.2, 0.25) is 0 Å². The topological polar surface area (TPSA) is 46.3 Å². The van der Waals surface area contributed by atoms with Gasteiger partial charge in [0.05, 0.1) is 11.9 Å². The molecule has 0 saturated carbocycles. The number of nitroso groups, excluding NO2 is 1. The maximum atomic E-state index is 9.81. The van der Waals surface area contributed by atoms with Crippen molar-refractivity contribution in [1.82, 2.24) is 10.3 Å². The van der Waals surface area contributed by atoms with Crippen molar-refractivity contribution < 1.29 is 29.3 Å². The number of nitrogens with zero attached hydrogens (tertiary/aromatic N) is 1. The molecule has 0 saturated heterocycles. The molecular weight excluding hydrogens is 269 g/mol. The first-order chi connectivity index (χ1) is 5.34. The van der Waals surface area contributed by atoms with E-state index in [1.54, 1.807) is 11.5 Å².